The van der Waals surface area contributed by atoms with Gasteiger partial charge in [-0.25, -0.2) is 9.97 Å². The molecule has 0 unspecified atom stereocenters. The molecule has 0 saturated heterocycles. The summed E-state index contributed by atoms with van der Waals surface area (Å²) in [4.78, 5) is 22.0. The van der Waals surface area contributed by atoms with E-state index in [0.29, 0.717) is 17.6 Å². The van der Waals surface area contributed by atoms with Gasteiger partial charge in [0.25, 0.3) is 5.91 Å². The van der Waals surface area contributed by atoms with Crippen LogP contribution in [0.15, 0.2) is 60.7 Å². The van der Waals surface area contributed by atoms with E-state index in [9.17, 15) is 9.90 Å². The van der Waals surface area contributed by atoms with Gasteiger partial charge in [-0.15, -0.1) is 0 Å². The van der Waals surface area contributed by atoms with Crippen molar-refractivity contribution in [1.82, 2.24) is 15.3 Å². The Hall–Kier alpha value is -3.49. The van der Waals surface area contributed by atoms with E-state index >= 15 is 0 Å². The Morgan fingerprint density at radius 3 is 2.34 bits per heavy atom. The molecule has 2 heterocycles. The Morgan fingerprint density at radius 1 is 0.816 bits per heavy atom. The molecule has 2 aromatic carbocycles. The fraction of sp³-hybridized carbons (Fsp3) is 0.367. The molecule has 0 radical (unpaired) electrons. The number of aromatic nitrogens is 2. The van der Waals surface area contributed by atoms with Crippen molar-refractivity contribution in [3.05, 3.63) is 66.2 Å². The third-order valence-corrected chi connectivity index (χ3v) is 8.53. The molecular formula is C30H33N5O2S. The average Bonchev–Trinajstić information content (AvgIpc) is 3.59. The van der Waals surface area contributed by atoms with Crippen LogP contribution >= 0.6 is 11.3 Å². The smallest absolute Gasteiger partial charge is 0.251 e. The Kier molecular flexibility index (Phi) is 7.25. The van der Waals surface area contributed by atoms with Crippen molar-refractivity contribution in [2.75, 3.05) is 10.6 Å². The summed E-state index contributed by atoms with van der Waals surface area (Å²) in [5, 5.41) is 20.6. The number of hydrogen-bond acceptors (Lipinski definition) is 7. The number of hydrogen-bond donors (Lipinski definition) is 4. The molecule has 2 aliphatic carbocycles. The number of pyridine rings is 1. The van der Waals surface area contributed by atoms with E-state index < -0.39 is 0 Å². The zero-order valence-corrected chi connectivity index (χ0v) is 22.1. The molecular weight excluding hydrogens is 494 g/mol. The first-order valence-corrected chi connectivity index (χ1v) is 14.4. The van der Waals surface area contributed by atoms with Crippen LogP contribution in [0.3, 0.4) is 0 Å². The van der Waals surface area contributed by atoms with E-state index in [4.69, 9.17) is 9.97 Å². The number of carbonyl (C=O) groups excluding carboxylic acids is 1. The number of benzene rings is 2. The summed E-state index contributed by atoms with van der Waals surface area (Å²) in [7, 11) is 0. The van der Waals surface area contributed by atoms with Gasteiger partial charge in [-0.3, -0.25) is 4.79 Å². The number of aliphatic hydroxyl groups excluding tert-OH is 1. The second kappa shape index (κ2) is 11.1. The van der Waals surface area contributed by atoms with Gasteiger partial charge in [0.05, 0.1) is 16.3 Å². The van der Waals surface area contributed by atoms with Crippen LogP contribution in [0, 0.1) is 0 Å². The van der Waals surface area contributed by atoms with Gasteiger partial charge in [0.1, 0.15) is 11.6 Å². The number of aliphatic hydroxyl groups is 1. The van der Waals surface area contributed by atoms with E-state index in [0.717, 1.165) is 76.6 Å². The quantitative estimate of drug-likeness (QED) is 0.219. The zero-order chi connectivity index (χ0) is 25.9. The molecule has 1 amide bonds. The number of rotatable bonds is 7. The van der Waals surface area contributed by atoms with Crippen LogP contribution in [0.2, 0.25) is 0 Å². The van der Waals surface area contributed by atoms with Gasteiger partial charge in [0, 0.05) is 17.6 Å². The summed E-state index contributed by atoms with van der Waals surface area (Å²) in [6.45, 7) is 0. The lowest BCUT2D eigenvalue weighted by Crippen LogP contribution is -2.32. The first-order valence-electron chi connectivity index (χ1n) is 13.6. The number of nitrogens with one attached hydrogen (secondary N) is 3. The fourth-order valence-electron chi connectivity index (χ4n) is 5.43. The number of fused-ring (bicyclic) bond motifs is 1. The highest BCUT2D eigenvalue weighted by Crippen LogP contribution is 2.32. The first kappa shape index (κ1) is 24.8. The molecule has 2 fully saturated rings. The van der Waals surface area contributed by atoms with Crippen molar-refractivity contribution >= 4 is 44.2 Å². The molecule has 0 spiro atoms. The maximum absolute atomic E-state index is 12.6. The highest BCUT2D eigenvalue weighted by atomic mass is 32.1. The number of thiazole rings is 1. The van der Waals surface area contributed by atoms with Gasteiger partial charge >= 0.3 is 0 Å². The van der Waals surface area contributed by atoms with E-state index in [2.05, 4.69) is 28.1 Å². The highest BCUT2D eigenvalue weighted by Gasteiger charge is 2.20. The number of amides is 1. The van der Waals surface area contributed by atoms with E-state index in [1.54, 1.807) is 11.3 Å². The standard InChI is InChI=1S/C30H33N5O2S/c36-24-15-13-23(14-16-24)31-27-6-3-7-28(34-27)35-30-33-25-17-12-21(18-26(25)38-30)19-8-10-20(11-9-19)29(37)32-22-4-1-2-5-22/h3,6-12,17-18,22-24,36H,1-2,4-5,13-16H2,(H,32,37)(H2,31,33,34,35). The molecule has 196 valence electrons. The maximum atomic E-state index is 12.6. The van der Waals surface area contributed by atoms with Crippen molar-refractivity contribution in [2.45, 2.75) is 69.6 Å². The number of anilines is 3. The summed E-state index contributed by atoms with van der Waals surface area (Å²) in [5.74, 6) is 1.60. The molecule has 2 saturated carbocycles. The predicted octanol–water partition coefficient (Wildman–Crippen LogP) is 6.49. The topological polar surface area (TPSA) is 99.2 Å². The second-order valence-corrected chi connectivity index (χ2v) is 11.4. The lowest BCUT2D eigenvalue weighted by molar-refractivity contribution is 0.0938. The SMILES string of the molecule is O=C(NC1CCCC1)c1ccc(-c2ccc3nc(Nc4cccc(NC5CCC(O)CC5)n4)sc3c2)cc1. The van der Waals surface area contributed by atoms with Crippen LogP contribution < -0.4 is 16.0 Å². The number of nitrogens with zero attached hydrogens (tertiary/aromatic N) is 2. The molecule has 2 aromatic heterocycles. The van der Waals surface area contributed by atoms with Crippen molar-refractivity contribution < 1.29 is 9.90 Å². The lowest BCUT2D eigenvalue weighted by atomic mass is 9.93. The molecule has 0 aliphatic heterocycles. The van der Waals surface area contributed by atoms with Crippen LogP contribution in [0.1, 0.15) is 61.7 Å². The summed E-state index contributed by atoms with van der Waals surface area (Å²) < 4.78 is 1.09. The van der Waals surface area contributed by atoms with Crippen LogP contribution in [0.4, 0.5) is 16.8 Å². The second-order valence-electron chi connectivity index (χ2n) is 10.4. The molecule has 38 heavy (non-hydrogen) atoms. The Bertz CT molecular complexity index is 1410. The highest BCUT2D eigenvalue weighted by molar-refractivity contribution is 7.22. The monoisotopic (exact) mass is 527 g/mol. The third-order valence-electron chi connectivity index (χ3n) is 7.59. The minimum absolute atomic E-state index is 0.0162. The number of carbonyl (C=O) groups is 1. The summed E-state index contributed by atoms with van der Waals surface area (Å²) >= 11 is 1.59. The molecule has 4 N–H and O–H groups in total. The van der Waals surface area contributed by atoms with Crippen molar-refractivity contribution in [3.8, 4) is 11.1 Å². The molecule has 2 aliphatic rings. The molecule has 6 rings (SSSR count). The minimum atomic E-state index is -0.166. The molecule has 0 atom stereocenters. The normalized spacial score (nSPS) is 19.9. The first-order chi connectivity index (χ1) is 18.6. The van der Waals surface area contributed by atoms with Gasteiger partial charge in [-0.1, -0.05) is 48.4 Å². The van der Waals surface area contributed by atoms with E-state index in [1.807, 2.05) is 48.5 Å². The summed E-state index contributed by atoms with van der Waals surface area (Å²) in [5.41, 5.74) is 3.81. The molecule has 4 aromatic rings. The zero-order valence-electron chi connectivity index (χ0n) is 21.3. The van der Waals surface area contributed by atoms with E-state index in [1.165, 1.54) is 12.8 Å². The summed E-state index contributed by atoms with van der Waals surface area (Å²) in [6.07, 6.45) is 7.99. The third kappa shape index (κ3) is 5.81. The van der Waals surface area contributed by atoms with Crippen molar-refractivity contribution in [2.24, 2.45) is 0 Å². The van der Waals surface area contributed by atoms with Gasteiger partial charge in [-0.2, -0.15) is 0 Å². The summed E-state index contributed by atoms with van der Waals surface area (Å²) in [6, 6.07) is 20.7. The van der Waals surface area contributed by atoms with Crippen LogP contribution in [0.5, 0.6) is 0 Å². The average molecular weight is 528 g/mol. The van der Waals surface area contributed by atoms with Crippen molar-refractivity contribution in [1.29, 1.82) is 0 Å². The Balaban J connectivity index is 1.12. The Morgan fingerprint density at radius 2 is 1.55 bits per heavy atom. The molecule has 8 heteroatoms. The van der Waals surface area contributed by atoms with Gasteiger partial charge < -0.3 is 21.1 Å². The molecule has 0 bridgehead atoms. The fourth-order valence-corrected chi connectivity index (χ4v) is 6.35. The minimum Gasteiger partial charge on any atom is -0.393 e. The lowest BCUT2D eigenvalue weighted by Gasteiger charge is -2.26. The van der Waals surface area contributed by atoms with Crippen molar-refractivity contribution in [3.63, 3.8) is 0 Å². The predicted molar refractivity (Wildman–Crippen MR) is 154 cm³/mol. The Labute approximate surface area is 226 Å². The van der Waals surface area contributed by atoms with Crippen LogP contribution in [0.25, 0.3) is 21.3 Å². The molecule has 7 nitrogen and oxygen atoms in total. The van der Waals surface area contributed by atoms with Gasteiger partial charge in [0.15, 0.2) is 5.13 Å². The maximum Gasteiger partial charge on any atom is 0.251 e. The van der Waals surface area contributed by atoms with Crippen LogP contribution in [-0.2, 0) is 0 Å². The van der Waals surface area contributed by atoms with Crippen LogP contribution in [-0.4, -0.2) is 39.2 Å². The van der Waals surface area contributed by atoms with E-state index in [-0.39, 0.29) is 12.0 Å². The largest absolute Gasteiger partial charge is 0.393 e. The van der Waals surface area contributed by atoms with Gasteiger partial charge in [0.2, 0.25) is 0 Å². The van der Waals surface area contributed by atoms with Gasteiger partial charge in [-0.05, 0) is 86.1 Å².